The zero-order valence-corrected chi connectivity index (χ0v) is 13.3. The van der Waals surface area contributed by atoms with Gasteiger partial charge in [0, 0.05) is 24.2 Å². The SMILES string of the molecule is Cc1cc([N+](=O)[O-])ccc1C(=O)NCC(C(C)C)C(C)C. The first kappa shape index (κ1) is 17.1. The highest BCUT2D eigenvalue weighted by Crippen LogP contribution is 2.20. The number of nitrogens with one attached hydrogen (secondary N) is 1. The number of hydrogen-bond donors (Lipinski definition) is 1. The Bertz CT molecular complexity index is 516. The second-order valence-corrected chi connectivity index (χ2v) is 6.12. The first-order valence-corrected chi connectivity index (χ1v) is 7.27. The third kappa shape index (κ3) is 4.55. The number of benzene rings is 1. The van der Waals surface area contributed by atoms with E-state index < -0.39 is 4.92 Å². The van der Waals surface area contributed by atoms with Crippen molar-refractivity contribution in [3.63, 3.8) is 0 Å². The molecule has 1 rings (SSSR count). The van der Waals surface area contributed by atoms with E-state index in [0.29, 0.717) is 35.4 Å². The molecule has 0 aromatic heterocycles. The van der Waals surface area contributed by atoms with Crippen molar-refractivity contribution in [1.29, 1.82) is 0 Å². The number of nitro benzene ring substituents is 1. The van der Waals surface area contributed by atoms with Crippen LogP contribution in [0.4, 0.5) is 5.69 Å². The summed E-state index contributed by atoms with van der Waals surface area (Å²) in [5.74, 6) is 1.22. The van der Waals surface area contributed by atoms with Gasteiger partial charge in [0.05, 0.1) is 4.92 Å². The smallest absolute Gasteiger partial charge is 0.269 e. The first-order chi connectivity index (χ1) is 9.73. The van der Waals surface area contributed by atoms with E-state index in [-0.39, 0.29) is 11.6 Å². The van der Waals surface area contributed by atoms with E-state index in [9.17, 15) is 14.9 Å². The number of carbonyl (C=O) groups excluding carboxylic acids is 1. The molecule has 0 aliphatic carbocycles. The Labute approximate surface area is 125 Å². The Morgan fingerprint density at radius 2 is 1.81 bits per heavy atom. The normalized spacial score (nSPS) is 11.2. The van der Waals surface area contributed by atoms with Crippen LogP contribution in [-0.2, 0) is 0 Å². The molecule has 1 aromatic rings. The van der Waals surface area contributed by atoms with E-state index in [0.717, 1.165) is 0 Å². The number of nitro groups is 1. The molecule has 0 heterocycles. The maximum absolute atomic E-state index is 12.2. The Morgan fingerprint density at radius 3 is 2.24 bits per heavy atom. The second-order valence-electron chi connectivity index (χ2n) is 6.12. The molecular weight excluding hydrogens is 268 g/mol. The quantitative estimate of drug-likeness (QED) is 0.643. The van der Waals surface area contributed by atoms with Crippen molar-refractivity contribution in [2.24, 2.45) is 17.8 Å². The van der Waals surface area contributed by atoms with Gasteiger partial charge in [0.15, 0.2) is 0 Å². The molecule has 0 aliphatic heterocycles. The lowest BCUT2D eigenvalue weighted by Crippen LogP contribution is -2.34. The van der Waals surface area contributed by atoms with Crippen LogP contribution in [0.2, 0.25) is 0 Å². The van der Waals surface area contributed by atoms with Gasteiger partial charge in [0.25, 0.3) is 11.6 Å². The van der Waals surface area contributed by atoms with Gasteiger partial charge in [-0.25, -0.2) is 0 Å². The molecule has 0 atom stereocenters. The summed E-state index contributed by atoms with van der Waals surface area (Å²) in [5.41, 5.74) is 1.12. The predicted molar refractivity (Wildman–Crippen MR) is 83.3 cm³/mol. The van der Waals surface area contributed by atoms with Crippen LogP contribution >= 0.6 is 0 Å². The van der Waals surface area contributed by atoms with E-state index in [2.05, 4.69) is 33.0 Å². The zero-order valence-electron chi connectivity index (χ0n) is 13.3. The fraction of sp³-hybridized carbons (Fsp3) is 0.562. The van der Waals surface area contributed by atoms with Crippen LogP contribution in [0.1, 0.15) is 43.6 Å². The number of carbonyl (C=O) groups is 1. The minimum Gasteiger partial charge on any atom is -0.352 e. The topological polar surface area (TPSA) is 72.2 Å². The van der Waals surface area contributed by atoms with E-state index in [1.807, 2.05) is 0 Å². The number of rotatable bonds is 6. The molecule has 116 valence electrons. The largest absolute Gasteiger partial charge is 0.352 e. The van der Waals surface area contributed by atoms with Gasteiger partial charge in [0.2, 0.25) is 0 Å². The lowest BCUT2D eigenvalue weighted by molar-refractivity contribution is -0.384. The summed E-state index contributed by atoms with van der Waals surface area (Å²) in [5, 5.41) is 13.6. The van der Waals surface area contributed by atoms with E-state index in [4.69, 9.17) is 0 Å². The number of hydrogen-bond acceptors (Lipinski definition) is 3. The van der Waals surface area contributed by atoms with Crippen LogP contribution in [0.3, 0.4) is 0 Å². The molecule has 0 spiro atoms. The van der Waals surface area contributed by atoms with E-state index in [1.165, 1.54) is 18.2 Å². The summed E-state index contributed by atoms with van der Waals surface area (Å²) >= 11 is 0. The molecule has 0 aliphatic rings. The lowest BCUT2D eigenvalue weighted by atomic mass is 9.85. The highest BCUT2D eigenvalue weighted by Gasteiger charge is 2.19. The van der Waals surface area contributed by atoms with Gasteiger partial charge in [-0.3, -0.25) is 14.9 Å². The molecule has 0 radical (unpaired) electrons. The standard InChI is InChI=1S/C16H24N2O3/c1-10(2)15(11(3)4)9-17-16(19)14-7-6-13(18(20)21)8-12(14)5/h6-8,10-11,15H,9H2,1-5H3,(H,17,19). The van der Waals surface area contributed by atoms with Crippen molar-refractivity contribution >= 4 is 11.6 Å². The van der Waals surface area contributed by atoms with Gasteiger partial charge in [-0.1, -0.05) is 27.7 Å². The van der Waals surface area contributed by atoms with Crippen molar-refractivity contribution in [3.05, 3.63) is 39.4 Å². The summed E-state index contributed by atoms with van der Waals surface area (Å²) in [6.07, 6.45) is 0. The summed E-state index contributed by atoms with van der Waals surface area (Å²) in [6.45, 7) is 10.9. The predicted octanol–water partition coefficient (Wildman–Crippen LogP) is 3.56. The maximum Gasteiger partial charge on any atom is 0.269 e. The molecule has 1 N–H and O–H groups in total. The van der Waals surface area contributed by atoms with Crippen molar-refractivity contribution in [2.75, 3.05) is 6.54 Å². The van der Waals surface area contributed by atoms with E-state index in [1.54, 1.807) is 6.92 Å². The summed E-state index contributed by atoms with van der Waals surface area (Å²) in [7, 11) is 0. The molecule has 0 saturated carbocycles. The van der Waals surface area contributed by atoms with Crippen LogP contribution in [0.15, 0.2) is 18.2 Å². The Balaban J connectivity index is 2.78. The molecule has 0 bridgehead atoms. The number of amides is 1. The molecule has 5 nitrogen and oxygen atoms in total. The first-order valence-electron chi connectivity index (χ1n) is 7.27. The molecule has 21 heavy (non-hydrogen) atoms. The maximum atomic E-state index is 12.2. The van der Waals surface area contributed by atoms with Crippen LogP contribution < -0.4 is 5.32 Å². The molecule has 0 unspecified atom stereocenters. The molecule has 5 heteroatoms. The van der Waals surface area contributed by atoms with Gasteiger partial charge >= 0.3 is 0 Å². The molecule has 0 saturated heterocycles. The monoisotopic (exact) mass is 292 g/mol. The van der Waals surface area contributed by atoms with E-state index >= 15 is 0 Å². The third-order valence-corrected chi connectivity index (χ3v) is 3.88. The van der Waals surface area contributed by atoms with Gasteiger partial charge < -0.3 is 5.32 Å². The average Bonchev–Trinajstić information content (AvgIpc) is 2.37. The van der Waals surface area contributed by atoms with Crippen LogP contribution in [0.25, 0.3) is 0 Å². The minimum atomic E-state index is -0.456. The number of aryl methyl sites for hydroxylation is 1. The lowest BCUT2D eigenvalue weighted by Gasteiger charge is -2.25. The zero-order chi connectivity index (χ0) is 16.2. The van der Waals surface area contributed by atoms with Crippen LogP contribution in [0, 0.1) is 34.8 Å². The van der Waals surface area contributed by atoms with Crippen LogP contribution in [0.5, 0.6) is 0 Å². The number of non-ortho nitro benzene ring substituents is 1. The van der Waals surface area contributed by atoms with Gasteiger partial charge in [-0.15, -0.1) is 0 Å². The van der Waals surface area contributed by atoms with Gasteiger partial charge in [0.1, 0.15) is 0 Å². The number of nitrogens with zero attached hydrogens (tertiary/aromatic N) is 1. The molecule has 0 fully saturated rings. The molecule has 1 amide bonds. The average molecular weight is 292 g/mol. The summed E-state index contributed by atoms with van der Waals surface area (Å²) in [4.78, 5) is 22.5. The fourth-order valence-corrected chi connectivity index (χ4v) is 2.56. The van der Waals surface area contributed by atoms with Crippen molar-refractivity contribution in [3.8, 4) is 0 Å². The van der Waals surface area contributed by atoms with Gasteiger partial charge in [-0.2, -0.15) is 0 Å². The van der Waals surface area contributed by atoms with Crippen molar-refractivity contribution in [1.82, 2.24) is 5.32 Å². The Kier molecular flexibility index (Phi) is 5.88. The fourth-order valence-electron chi connectivity index (χ4n) is 2.56. The van der Waals surface area contributed by atoms with Crippen molar-refractivity contribution < 1.29 is 9.72 Å². The summed E-state index contributed by atoms with van der Waals surface area (Å²) < 4.78 is 0. The molecular formula is C16H24N2O3. The Morgan fingerprint density at radius 1 is 1.24 bits per heavy atom. The Hall–Kier alpha value is -1.91. The minimum absolute atomic E-state index is 0.00582. The second kappa shape index (κ2) is 7.20. The highest BCUT2D eigenvalue weighted by molar-refractivity contribution is 5.95. The molecule has 1 aromatic carbocycles. The van der Waals surface area contributed by atoms with Crippen molar-refractivity contribution in [2.45, 2.75) is 34.6 Å². The van der Waals surface area contributed by atoms with Gasteiger partial charge in [-0.05, 0) is 36.3 Å². The third-order valence-electron chi connectivity index (χ3n) is 3.88. The highest BCUT2D eigenvalue weighted by atomic mass is 16.6. The van der Waals surface area contributed by atoms with Crippen LogP contribution in [-0.4, -0.2) is 17.4 Å². The summed E-state index contributed by atoms with van der Waals surface area (Å²) in [6, 6.07) is 4.31.